The minimum Gasteiger partial charge on any atom is -0.497 e. The highest BCUT2D eigenvalue weighted by atomic mass is 16.6. The van der Waals surface area contributed by atoms with Crippen LogP contribution in [-0.4, -0.2) is 75.3 Å². The number of hydrogen-bond acceptors (Lipinski definition) is 10. The number of carbonyl (C=O) groups is 2. The molecule has 1 saturated heterocycles. The van der Waals surface area contributed by atoms with Crippen LogP contribution in [0.1, 0.15) is 25.3 Å². The number of anilines is 1. The summed E-state index contributed by atoms with van der Waals surface area (Å²) in [7, 11) is 2.91. The van der Waals surface area contributed by atoms with E-state index in [0.717, 1.165) is 37.6 Å². The maximum Gasteiger partial charge on any atom is 0.336 e. The van der Waals surface area contributed by atoms with E-state index in [-0.39, 0.29) is 23.4 Å². The molecule has 11 nitrogen and oxygen atoms in total. The lowest BCUT2D eigenvalue weighted by Gasteiger charge is -2.36. The number of hydrogen-bond donors (Lipinski definition) is 1. The van der Waals surface area contributed by atoms with E-state index >= 15 is 0 Å². The molecule has 40 heavy (non-hydrogen) atoms. The predicted octanol–water partition coefficient (Wildman–Crippen LogP) is 3.38. The van der Waals surface area contributed by atoms with Gasteiger partial charge in [0.25, 0.3) is 5.69 Å². The molecule has 0 saturated carbocycles. The average Bonchev–Trinajstić information content (AvgIpc) is 2.96. The molecule has 1 atom stereocenters. The molecule has 2 aromatic rings. The number of carbonyl (C=O) groups excluding carboxylic acids is 2. The number of non-ortho nitro benzene ring substituents is 1. The Bertz CT molecular complexity index is 1350. The van der Waals surface area contributed by atoms with Crippen molar-refractivity contribution in [2.75, 3.05) is 58.5 Å². The van der Waals surface area contributed by atoms with E-state index < -0.39 is 22.8 Å². The quantitative estimate of drug-likeness (QED) is 0.282. The summed E-state index contributed by atoms with van der Waals surface area (Å²) in [6.45, 7) is 7.41. The molecule has 212 valence electrons. The number of methoxy groups -OCH3 is 2. The predicted molar refractivity (Wildman–Crippen MR) is 149 cm³/mol. The smallest absolute Gasteiger partial charge is 0.336 e. The van der Waals surface area contributed by atoms with Crippen LogP contribution < -0.4 is 15.0 Å². The molecule has 2 aliphatic heterocycles. The van der Waals surface area contributed by atoms with Crippen LogP contribution in [0.25, 0.3) is 0 Å². The normalized spacial score (nSPS) is 17.8. The van der Waals surface area contributed by atoms with E-state index in [1.54, 1.807) is 27.0 Å². The number of allylic oxidation sites excluding steroid dienone is 2. The molecule has 11 heteroatoms. The topological polar surface area (TPSA) is 123 Å². The van der Waals surface area contributed by atoms with E-state index in [1.165, 1.54) is 25.3 Å². The van der Waals surface area contributed by atoms with Crippen molar-refractivity contribution in [2.24, 2.45) is 0 Å². The van der Waals surface area contributed by atoms with E-state index in [4.69, 9.17) is 14.2 Å². The molecule has 4 rings (SSSR count). The van der Waals surface area contributed by atoms with Gasteiger partial charge < -0.3 is 24.4 Å². The third-order valence-electron chi connectivity index (χ3n) is 7.23. The molecule has 0 bridgehead atoms. The fraction of sp³-hybridized carbons (Fsp3) is 0.379. The number of dihydropyridines is 1. The van der Waals surface area contributed by atoms with Gasteiger partial charge in [-0.05, 0) is 31.5 Å². The molecule has 2 heterocycles. The van der Waals surface area contributed by atoms with Crippen molar-refractivity contribution in [3.05, 3.63) is 86.7 Å². The Hall–Kier alpha value is -4.38. The molecular formula is C29H34N4O7. The van der Waals surface area contributed by atoms with E-state index in [0.29, 0.717) is 23.5 Å². The van der Waals surface area contributed by atoms with E-state index in [2.05, 4.69) is 21.2 Å². The number of nitro benzene ring substituents is 1. The standard InChI is InChI=1S/C29H34N4O7/c1-19-25(28(34)39-4)27(21-7-5-9-23(17-21)33(36)37)26(20(2)30-19)29(35)40-16-15-31-11-13-32(14-12-31)22-8-6-10-24(18-22)38-3/h5-10,17-18,27,30H,11-16H2,1-4H3. The van der Waals surface area contributed by atoms with Gasteiger partial charge in [-0.1, -0.05) is 18.2 Å². The highest BCUT2D eigenvalue weighted by molar-refractivity contribution is 5.99. The van der Waals surface area contributed by atoms with Crippen LogP contribution in [0.4, 0.5) is 11.4 Å². The van der Waals surface area contributed by atoms with Gasteiger partial charge in [0.05, 0.1) is 36.2 Å². The molecule has 0 aliphatic carbocycles. The second kappa shape index (κ2) is 12.6. The van der Waals surface area contributed by atoms with Gasteiger partial charge in [0.15, 0.2) is 0 Å². The van der Waals surface area contributed by atoms with Crippen LogP contribution in [0.5, 0.6) is 5.75 Å². The molecule has 1 unspecified atom stereocenters. The number of esters is 2. The Kier molecular flexibility index (Phi) is 9.05. The Morgan fingerprint density at radius 2 is 1.65 bits per heavy atom. The number of benzene rings is 2. The first-order valence-corrected chi connectivity index (χ1v) is 13.0. The van der Waals surface area contributed by atoms with Gasteiger partial charge in [0, 0.05) is 68.0 Å². The summed E-state index contributed by atoms with van der Waals surface area (Å²) < 4.78 is 16.0. The van der Waals surface area contributed by atoms with Crippen LogP contribution in [0.15, 0.2) is 71.1 Å². The fourth-order valence-electron chi connectivity index (χ4n) is 5.18. The van der Waals surface area contributed by atoms with Crippen molar-refractivity contribution in [1.82, 2.24) is 10.2 Å². The van der Waals surface area contributed by atoms with Crippen LogP contribution in [0.3, 0.4) is 0 Å². The minimum atomic E-state index is -0.882. The van der Waals surface area contributed by atoms with Gasteiger partial charge in [-0.15, -0.1) is 0 Å². The van der Waals surface area contributed by atoms with Gasteiger partial charge >= 0.3 is 11.9 Å². The van der Waals surface area contributed by atoms with Crippen LogP contribution in [-0.2, 0) is 19.1 Å². The first kappa shape index (κ1) is 28.6. The molecule has 0 radical (unpaired) electrons. The third-order valence-corrected chi connectivity index (χ3v) is 7.23. The van der Waals surface area contributed by atoms with Gasteiger partial charge in [0.1, 0.15) is 12.4 Å². The lowest BCUT2D eigenvalue weighted by Crippen LogP contribution is -2.47. The van der Waals surface area contributed by atoms with Gasteiger partial charge in [0.2, 0.25) is 0 Å². The molecular weight excluding hydrogens is 516 g/mol. The maximum absolute atomic E-state index is 13.4. The second-order valence-electron chi connectivity index (χ2n) is 9.65. The number of nitro groups is 1. The molecule has 0 amide bonds. The van der Waals surface area contributed by atoms with Crippen molar-refractivity contribution in [1.29, 1.82) is 0 Å². The number of ether oxygens (including phenoxy) is 3. The van der Waals surface area contributed by atoms with Crippen molar-refractivity contribution < 1.29 is 28.7 Å². The summed E-state index contributed by atoms with van der Waals surface area (Å²) >= 11 is 0. The summed E-state index contributed by atoms with van der Waals surface area (Å²) in [6, 6.07) is 13.9. The number of nitrogens with one attached hydrogen (secondary N) is 1. The number of piperazine rings is 1. The monoisotopic (exact) mass is 550 g/mol. The first-order chi connectivity index (χ1) is 19.2. The lowest BCUT2D eigenvalue weighted by atomic mass is 9.80. The van der Waals surface area contributed by atoms with Gasteiger partial charge in [-0.25, -0.2) is 9.59 Å². The lowest BCUT2D eigenvalue weighted by molar-refractivity contribution is -0.384. The van der Waals surface area contributed by atoms with Crippen LogP contribution in [0.2, 0.25) is 0 Å². The molecule has 1 fully saturated rings. The largest absolute Gasteiger partial charge is 0.497 e. The van der Waals surface area contributed by atoms with Crippen molar-refractivity contribution in [3.63, 3.8) is 0 Å². The second-order valence-corrected chi connectivity index (χ2v) is 9.65. The summed E-state index contributed by atoms with van der Waals surface area (Å²) in [4.78, 5) is 41.7. The molecule has 0 aromatic heterocycles. The zero-order chi connectivity index (χ0) is 28.8. The third kappa shape index (κ3) is 6.26. The summed E-state index contributed by atoms with van der Waals surface area (Å²) in [5.41, 5.74) is 2.83. The van der Waals surface area contributed by atoms with Crippen molar-refractivity contribution >= 4 is 23.3 Å². The maximum atomic E-state index is 13.4. The zero-order valence-corrected chi connectivity index (χ0v) is 23.1. The SMILES string of the molecule is COC(=O)C1=C(C)NC(C)=C(C(=O)OCCN2CCN(c3cccc(OC)c3)CC2)C1c1cccc([N+](=O)[O-])c1. The highest BCUT2D eigenvalue weighted by Crippen LogP contribution is 2.40. The summed E-state index contributed by atoms with van der Waals surface area (Å²) in [6.07, 6.45) is 0. The average molecular weight is 551 g/mol. The van der Waals surface area contributed by atoms with Crippen LogP contribution in [0, 0.1) is 10.1 Å². The molecule has 0 spiro atoms. The van der Waals surface area contributed by atoms with Gasteiger partial charge in [-0.2, -0.15) is 0 Å². The minimum absolute atomic E-state index is 0.142. The van der Waals surface area contributed by atoms with E-state index in [9.17, 15) is 19.7 Å². The summed E-state index contributed by atoms with van der Waals surface area (Å²) in [5, 5.41) is 14.5. The Morgan fingerprint density at radius 3 is 2.30 bits per heavy atom. The Balaban J connectivity index is 1.44. The Morgan fingerprint density at radius 1 is 0.975 bits per heavy atom. The van der Waals surface area contributed by atoms with Gasteiger partial charge in [-0.3, -0.25) is 15.0 Å². The van der Waals surface area contributed by atoms with Crippen LogP contribution >= 0.6 is 0 Å². The summed E-state index contributed by atoms with van der Waals surface area (Å²) in [5.74, 6) is -1.29. The molecule has 2 aromatic carbocycles. The van der Waals surface area contributed by atoms with Crippen molar-refractivity contribution in [3.8, 4) is 5.75 Å². The molecule has 2 aliphatic rings. The Labute approximate surface area is 233 Å². The zero-order valence-electron chi connectivity index (χ0n) is 23.1. The first-order valence-electron chi connectivity index (χ1n) is 13.0. The number of rotatable bonds is 9. The van der Waals surface area contributed by atoms with E-state index in [1.807, 2.05) is 18.2 Å². The van der Waals surface area contributed by atoms with Crippen molar-refractivity contribution in [2.45, 2.75) is 19.8 Å². The number of nitrogens with zero attached hydrogens (tertiary/aromatic N) is 3. The fourth-order valence-corrected chi connectivity index (χ4v) is 5.18. The molecule has 1 N–H and O–H groups in total. The highest BCUT2D eigenvalue weighted by Gasteiger charge is 2.38.